The van der Waals surface area contributed by atoms with E-state index in [0.29, 0.717) is 5.95 Å². The van der Waals surface area contributed by atoms with E-state index in [-0.39, 0.29) is 0 Å². The van der Waals surface area contributed by atoms with Crippen molar-refractivity contribution in [2.24, 2.45) is 0 Å². The van der Waals surface area contributed by atoms with Crippen LogP contribution in [0.3, 0.4) is 0 Å². The summed E-state index contributed by atoms with van der Waals surface area (Å²) in [6, 6.07) is 57.2. The molecule has 0 bridgehead atoms. The molecule has 0 saturated heterocycles. The lowest BCUT2D eigenvalue weighted by Gasteiger charge is -2.12. The van der Waals surface area contributed by atoms with E-state index in [1.165, 1.54) is 79.8 Å². The van der Waals surface area contributed by atoms with Gasteiger partial charge in [0.05, 0.1) is 38.8 Å². The zero-order valence-corrected chi connectivity index (χ0v) is 29.0. The first-order valence-electron chi connectivity index (χ1n) is 18.0. The van der Waals surface area contributed by atoms with Crippen molar-refractivity contribution in [2.45, 2.75) is 0 Å². The van der Waals surface area contributed by atoms with Gasteiger partial charge < -0.3 is 4.40 Å². The number of benzene rings is 8. The van der Waals surface area contributed by atoms with E-state index < -0.39 is 0 Å². The lowest BCUT2D eigenvalue weighted by molar-refractivity contribution is 1.01. The zero-order valence-electron chi connectivity index (χ0n) is 28.2. The topological polar surface area (TPSA) is 35.1 Å². The van der Waals surface area contributed by atoms with Gasteiger partial charge in [0.25, 0.3) is 0 Å². The number of aromatic nitrogens is 4. The monoisotopic (exact) mass is 690 g/mol. The third kappa shape index (κ3) is 3.50. The molecule has 0 spiro atoms. The van der Waals surface area contributed by atoms with Crippen molar-refractivity contribution in [3.8, 4) is 17.2 Å². The van der Waals surface area contributed by atoms with E-state index in [1.54, 1.807) is 0 Å². The second-order valence-electron chi connectivity index (χ2n) is 14.1. The predicted molar refractivity (Wildman–Crippen MR) is 224 cm³/mol. The molecule has 0 fully saturated rings. The molecular formula is C48H26N4S. The average Bonchev–Trinajstić information content (AvgIpc) is 3.96. The summed E-state index contributed by atoms with van der Waals surface area (Å²) < 4.78 is 7.33. The van der Waals surface area contributed by atoms with Crippen LogP contribution in [-0.2, 0) is 0 Å². The van der Waals surface area contributed by atoms with Crippen LogP contribution >= 0.6 is 11.3 Å². The van der Waals surface area contributed by atoms with E-state index in [4.69, 9.17) is 9.97 Å². The van der Waals surface area contributed by atoms with Crippen LogP contribution in [0.4, 0.5) is 0 Å². The standard InChI is InChI=1S/C48H26N4S/c1-5-19-37-34(13-1)44(36-18-10-17-33-29-12-4-8-22-41(29)53-47(33)36)50-48(49-37)51-39-21-7-3-14-35(39)43-40(51)26-24-27-23-25-32-31-16-9-15-30-28-11-2-6-20-38(28)52(45(30)31)46(32)42(27)43/h1-26H. The number of rotatable bonds is 2. The predicted octanol–water partition coefficient (Wildman–Crippen LogP) is 13.1. The summed E-state index contributed by atoms with van der Waals surface area (Å²) in [5.41, 5.74) is 8.97. The Morgan fingerprint density at radius 2 is 1.08 bits per heavy atom. The van der Waals surface area contributed by atoms with Gasteiger partial charge >= 0.3 is 0 Å². The van der Waals surface area contributed by atoms with E-state index in [9.17, 15) is 0 Å². The molecular weight excluding hydrogens is 665 g/mol. The Hall–Kier alpha value is -6.82. The number of fused-ring (bicyclic) bond motifs is 16. The molecule has 5 heteroatoms. The summed E-state index contributed by atoms with van der Waals surface area (Å²) in [4.78, 5) is 10.9. The van der Waals surface area contributed by atoms with E-state index in [2.05, 4.69) is 167 Å². The maximum atomic E-state index is 5.54. The van der Waals surface area contributed by atoms with Crippen molar-refractivity contribution in [1.82, 2.24) is 18.9 Å². The molecule has 4 nitrogen and oxygen atoms in total. The van der Waals surface area contributed by atoms with Crippen LogP contribution in [0.15, 0.2) is 158 Å². The molecule has 0 saturated carbocycles. The molecule has 0 amide bonds. The Bertz CT molecular complexity index is 3700. The molecule has 244 valence electrons. The fourth-order valence-corrected chi connectivity index (χ4v) is 10.5. The summed E-state index contributed by atoms with van der Waals surface area (Å²) in [5, 5.41) is 13.6. The van der Waals surface area contributed by atoms with E-state index >= 15 is 0 Å². The van der Waals surface area contributed by atoms with Gasteiger partial charge in [0, 0.05) is 68.8 Å². The van der Waals surface area contributed by atoms with Gasteiger partial charge in [-0.1, -0.05) is 127 Å². The minimum absolute atomic E-state index is 0.673. The smallest absolute Gasteiger partial charge is 0.235 e. The summed E-state index contributed by atoms with van der Waals surface area (Å²) in [6.07, 6.45) is 0. The minimum Gasteiger partial charge on any atom is -0.307 e. The first kappa shape index (κ1) is 27.8. The first-order valence-corrected chi connectivity index (χ1v) is 18.8. The highest BCUT2D eigenvalue weighted by Crippen LogP contribution is 2.46. The summed E-state index contributed by atoms with van der Waals surface area (Å²) in [7, 11) is 0. The van der Waals surface area contributed by atoms with Gasteiger partial charge in [-0.2, -0.15) is 0 Å². The molecule has 0 N–H and O–H groups in total. The molecule has 0 aliphatic rings. The fourth-order valence-electron chi connectivity index (χ4n) is 9.29. The summed E-state index contributed by atoms with van der Waals surface area (Å²) in [5.74, 6) is 0.673. The SMILES string of the molecule is c1ccc2c(-c3cccc4c3sc3ccccc34)nc(-n3c4ccccc4c4c5c(ccc6c7cccc8c9ccccc9n(c87)c65)ccc43)nc2c1. The Labute approximate surface area is 305 Å². The third-order valence-corrected chi connectivity index (χ3v) is 12.7. The van der Waals surface area contributed by atoms with Gasteiger partial charge in [-0.05, 0) is 35.7 Å². The van der Waals surface area contributed by atoms with E-state index in [1.807, 2.05) is 11.3 Å². The Kier molecular flexibility index (Phi) is 5.22. The van der Waals surface area contributed by atoms with Crippen LogP contribution in [0.1, 0.15) is 0 Å². The maximum Gasteiger partial charge on any atom is 0.235 e. The third-order valence-electron chi connectivity index (χ3n) is 11.5. The second kappa shape index (κ2) is 9.94. The average molecular weight is 691 g/mol. The molecule has 0 unspecified atom stereocenters. The van der Waals surface area contributed by atoms with Gasteiger partial charge in [-0.3, -0.25) is 4.57 Å². The highest BCUT2D eigenvalue weighted by molar-refractivity contribution is 7.26. The van der Waals surface area contributed by atoms with Crippen LogP contribution in [0.2, 0.25) is 0 Å². The van der Waals surface area contributed by atoms with Gasteiger partial charge in [0.15, 0.2) is 0 Å². The molecule has 0 atom stereocenters. The van der Waals surface area contributed by atoms with Crippen LogP contribution in [0.5, 0.6) is 0 Å². The Morgan fingerprint density at radius 1 is 0.415 bits per heavy atom. The molecule has 0 aliphatic heterocycles. The Balaban J connectivity index is 1.19. The van der Waals surface area contributed by atoms with Gasteiger partial charge in [-0.15, -0.1) is 11.3 Å². The van der Waals surface area contributed by atoms with Crippen molar-refractivity contribution in [3.05, 3.63) is 158 Å². The minimum atomic E-state index is 0.673. The van der Waals surface area contributed by atoms with Crippen molar-refractivity contribution in [3.63, 3.8) is 0 Å². The lowest BCUT2D eigenvalue weighted by atomic mass is 10.00. The molecule has 8 aromatic carbocycles. The zero-order chi connectivity index (χ0) is 34.4. The first-order chi connectivity index (χ1) is 26.3. The quantitative estimate of drug-likeness (QED) is 0.181. The van der Waals surface area contributed by atoms with Crippen LogP contribution < -0.4 is 0 Å². The van der Waals surface area contributed by atoms with Gasteiger partial charge in [0.2, 0.25) is 5.95 Å². The molecule has 53 heavy (non-hydrogen) atoms. The van der Waals surface area contributed by atoms with Crippen molar-refractivity contribution in [1.29, 1.82) is 0 Å². The second-order valence-corrected chi connectivity index (χ2v) is 15.1. The molecule has 5 heterocycles. The maximum absolute atomic E-state index is 5.54. The number of para-hydroxylation sites is 4. The van der Waals surface area contributed by atoms with Gasteiger partial charge in [-0.25, -0.2) is 9.97 Å². The molecule has 13 rings (SSSR count). The number of nitrogens with zero attached hydrogens (tertiary/aromatic N) is 4. The van der Waals surface area contributed by atoms with Gasteiger partial charge in [0.1, 0.15) is 0 Å². The fraction of sp³-hybridized carbons (Fsp3) is 0. The Morgan fingerprint density at radius 3 is 1.98 bits per heavy atom. The molecule has 5 aromatic heterocycles. The van der Waals surface area contributed by atoms with Crippen molar-refractivity contribution < 1.29 is 0 Å². The van der Waals surface area contributed by atoms with Crippen LogP contribution in [0.25, 0.3) is 119 Å². The number of hydrogen-bond acceptors (Lipinski definition) is 3. The molecule has 13 aromatic rings. The molecule has 0 aliphatic carbocycles. The summed E-state index contributed by atoms with van der Waals surface area (Å²) >= 11 is 1.84. The normalized spacial score (nSPS) is 12.5. The van der Waals surface area contributed by atoms with Crippen molar-refractivity contribution >= 4 is 113 Å². The van der Waals surface area contributed by atoms with Crippen molar-refractivity contribution in [2.75, 3.05) is 0 Å². The highest BCUT2D eigenvalue weighted by Gasteiger charge is 2.24. The molecule has 0 radical (unpaired) electrons. The van der Waals surface area contributed by atoms with E-state index in [0.717, 1.165) is 33.2 Å². The van der Waals surface area contributed by atoms with Crippen LogP contribution in [0, 0.1) is 0 Å². The van der Waals surface area contributed by atoms with Crippen LogP contribution in [-0.4, -0.2) is 18.9 Å². The largest absolute Gasteiger partial charge is 0.307 e. The number of thiophene rings is 1. The number of hydrogen-bond donors (Lipinski definition) is 0. The highest BCUT2D eigenvalue weighted by atomic mass is 32.1. The summed E-state index contributed by atoms with van der Waals surface area (Å²) in [6.45, 7) is 0. The lowest BCUT2D eigenvalue weighted by Crippen LogP contribution is -2.03.